The van der Waals surface area contributed by atoms with Gasteiger partial charge in [0.2, 0.25) is 0 Å². The number of hydrogen-bond donors (Lipinski definition) is 2. The first-order valence-corrected chi connectivity index (χ1v) is 7.54. The van der Waals surface area contributed by atoms with Gasteiger partial charge in [0.1, 0.15) is 0 Å². The highest BCUT2D eigenvalue weighted by atomic mass is 16.4. The molecule has 0 saturated carbocycles. The highest BCUT2D eigenvalue weighted by Crippen LogP contribution is 2.33. The molecule has 0 fully saturated rings. The van der Waals surface area contributed by atoms with Crippen molar-refractivity contribution in [1.29, 1.82) is 0 Å². The molecule has 0 bridgehead atoms. The van der Waals surface area contributed by atoms with Crippen molar-refractivity contribution in [2.75, 3.05) is 0 Å². The van der Waals surface area contributed by atoms with E-state index in [1.165, 1.54) is 0 Å². The van der Waals surface area contributed by atoms with E-state index in [-0.39, 0.29) is 12.3 Å². The number of aromatic hydroxyl groups is 1. The SMILES string of the molecule is O=C(O)Cc1cc2c(-c3ccccc3)nc3ccccc3n2c1O. The van der Waals surface area contributed by atoms with Gasteiger partial charge in [0.15, 0.2) is 5.88 Å². The van der Waals surface area contributed by atoms with E-state index in [0.29, 0.717) is 16.8 Å². The maximum Gasteiger partial charge on any atom is 0.308 e. The van der Waals surface area contributed by atoms with Crippen molar-refractivity contribution in [3.05, 3.63) is 66.2 Å². The van der Waals surface area contributed by atoms with Gasteiger partial charge in [-0.05, 0) is 18.2 Å². The highest BCUT2D eigenvalue weighted by Gasteiger charge is 2.18. The van der Waals surface area contributed by atoms with Gasteiger partial charge in [0.05, 0.1) is 28.7 Å². The van der Waals surface area contributed by atoms with Crippen molar-refractivity contribution in [3.63, 3.8) is 0 Å². The normalized spacial score (nSPS) is 11.2. The molecule has 0 amide bonds. The summed E-state index contributed by atoms with van der Waals surface area (Å²) in [7, 11) is 0. The fraction of sp³-hybridized carbons (Fsp3) is 0.0526. The van der Waals surface area contributed by atoms with Crippen LogP contribution in [0.3, 0.4) is 0 Å². The Morgan fingerprint density at radius 1 is 1.00 bits per heavy atom. The second-order valence-corrected chi connectivity index (χ2v) is 5.60. The van der Waals surface area contributed by atoms with Crippen molar-refractivity contribution >= 4 is 22.5 Å². The summed E-state index contributed by atoms with van der Waals surface area (Å²) in [5.74, 6) is -1.04. The Hall–Kier alpha value is -3.34. The van der Waals surface area contributed by atoms with E-state index in [4.69, 9.17) is 10.1 Å². The molecule has 5 nitrogen and oxygen atoms in total. The lowest BCUT2D eigenvalue weighted by Crippen LogP contribution is -1.99. The minimum atomic E-state index is -0.986. The number of aliphatic carboxylic acids is 1. The highest BCUT2D eigenvalue weighted by molar-refractivity contribution is 5.90. The smallest absolute Gasteiger partial charge is 0.308 e. The third-order valence-electron chi connectivity index (χ3n) is 4.04. The van der Waals surface area contributed by atoms with Gasteiger partial charge in [0, 0.05) is 11.1 Å². The maximum atomic E-state index is 11.1. The van der Waals surface area contributed by atoms with Gasteiger partial charge >= 0.3 is 5.97 Å². The summed E-state index contributed by atoms with van der Waals surface area (Å²) < 4.78 is 1.67. The molecule has 0 spiro atoms. The molecule has 0 aliphatic heterocycles. The van der Waals surface area contributed by atoms with Crippen LogP contribution in [0.25, 0.3) is 27.8 Å². The van der Waals surface area contributed by atoms with E-state index < -0.39 is 5.97 Å². The van der Waals surface area contributed by atoms with Crippen LogP contribution in [0.4, 0.5) is 0 Å². The van der Waals surface area contributed by atoms with Crippen LogP contribution >= 0.6 is 0 Å². The minimum Gasteiger partial charge on any atom is -0.494 e. The number of carboxylic acids is 1. The Kier molecular flexibility index (Phi) is 3.20. The van der Waals surface area contributed by atoms with Gasteiger partial charge in [-0.1, -0.05) is 42.5 Å². The van der Waals surface area contributed by atoms with Crippen LogP contribution < -0.4 is 0 Å². The second kappa shape index (κ2) is 5.38. The lowest BCUT2D eigenvalue weighted by molar-refractivity contribution is -0.136. The van der Waals surface area contributed by atoms with E-state index in [1.54, 1.807) is 10.5 Å². The van der Waals surface area contributed by atoms with Crippen molar-refractivity contribution < 1.29 is 15.0 Å². The summed E-state index contributed by atoms with van der Waals surface area (Å²) in [5.41, 5.74) is 4.15. The fourth-order valence-electron chi connectivity index (χ4n) is 3.00. The summed E-state index contributed by atoms with van der Waals surface area (Å²) in [4.78, 5) is 15.8. The van der Waals surface area contributed by atoms with Gasteiger partial charge in [-0.25, -0.2) is 4.98 Å². The number of para-hydroxylation sites is 2. The molecule has 4 rings (SSSR count). The zero-order valence-electron chi connectivity index (χ0n) is 12.7. The topological polar surface area (TPSA) is 74.8 Å². The van der Waals surface area contributed by atoms with Gasteiger partial charge in [-0.3, -0.25) is 9.20 Å². The predicted molar refractivity (Wildman–Crippen MR) is 91.1 cm³/mol. The zero-order valence-corrected chi connectivity index (χ0v) is 12.7. The Morgan fingerprint density at radius 2 is 1.71 bits per heavy atom. The molecular formula is C19H14N2O3. The number of rotatable bonds is 3. The van der Waals surface area contributed by atoms with Crippen LogP contribution in [0.1, 0.15) is 5.56 Å². The van der Waals surface area contributed by atoms with Crippen molar-refractivity contribution in [1.82, 2.24) is 9.38 Å². The Labute approximate surface area is 137 Å². The first kappa shape index (κ1) is 14.3. The number of carboxylic acid groups (broad SMARTS) is 1. The third-order valence-corrected chi connectivity index (χ3v) is 4.04. The van der Waals surface area contributed by atoms with Crippen LogP contribution in [0.2, 0.25) is 0 Å². The largest absolute Gasteiger partial charge is 0.494 e. The number of hydrogen-bond acceptors (Lipinski definition) is 3. The number of aromatic nitrogens is 2. The van der Waals surface area contributed by atoms with Crippen LogP contribution in [-0.4, -0.2) is 25.6 Å². The van der Waals surface area contributed by atoms with E-state index in [9.17, 15) is 9.90 Å². The zero-order chi connectivity index (χ0) is 16.7. The van der Waals surface area contributed by atoms with Crippen LogP contribution in [0.5, 0.6) is 5.88 Å². The van der Waals surface area contributed by atoms with Gasteiger partial charge in [0.25, 0.3) is 0 Å². The summed E-state index contributed by atoms with van der Waals surface area (Å²) in [6.45, 7) is 0. The van der Waals surface area contributed by atoms with E-state index in [0.717, 1.165) is 16.6 Å². The van der Waals surface area contributed by atoms with Crippen molar-refractivity contribution in [2.45, 2.75) is 6.42 Å². The maximum absolute atomic E-state index is 11.1. The molecule has 0 aliphatic rings. The molecule has 0 aliphatic carbocycles. The standard InChI is InChI=1S/C19H14N2O3/c22-17(23)11-13-10-16-18(12-6-2-1-3-7-12)20-14-8-4-5-9-15(14)21(16)19(13)24/h1-10,24H,11H2,(H,22,23). The number of fused-ring (bicyclic) bond motifs is 3. The van der Waals surface area contributed by atoms with E-state index >= 15 is 0 Å². The summed E-state index contributed by atoms with van der Waals surface area (Å²) in [6, 6.07) is 18.8. The summed E-state index contributed by atoms with van der Waals surface area (Å²) in [5, 5.41) is 19.7. The van der Waals surface area contributed by atoms with E-state index in [2.05, 4.69) is 0 Å². The lowest BCUT2D eigenvalue weighted by atomic mass is 10.1. The lowest BCUT2D eigenvalue weighted by Gasteiger charge is -2.09. The quantitative estimate of drug-likeness (QED) is 0.606. The number of benzene rings is 2. The first-order valence-electron chi connectivity index (χ1n) is 7.54. The first-order chi connectivity index (χ1) is 11.6. The van der Waals surface area contributed by atoms with E-state index in [1.807, 2.05) is 54.6 Å². The Morgan fingerprint density at radius 3 is 2.46 bits per heavy atom. The third kappa shape index (κ3) is 2.18. The summed E-state index contributed by atoms with van der Waals surface area (Å²) in [6.07, 6.45) is -0.240. The van der Waals surface area contributed by atoms with Gasteiger partial charge in [-0.15, -0.1) is 0 Å². The van der Waals surface area contributed by atoms with Crippen molar-refractivity contribution in [3.8, 4) is 17.1 Å². The molecule has 4 aromatic rings. The Bertz CT molecular complexity index is 1070. The molecular weight excluding hydrogens is 304 g/mol. The molecule has 0 radical (unpaired) electrons. The molecule has 24 heavy (non-hydrogen) atoms. The molecule has 0 unspecified atom stereocenters. The molecule has 118 valence electrons. The fourth-order valence-corrected chi connectivity index (χ4v) is 3.00. The average molecular weight is 318 g/mol. The molecule has 2 aromatic carbocycles. The van der Waals surface area contributed by atoms with Crippen LogP contribution in [0.15, 0.2) is 60.7 Å². The number of carbonyl (C=O) groups is 1. The monoisotopic (exact) mass is 318 g/mol. The molecule has 2 N–H and O–H groups in total. The molecule has 2 heterocycles. The van der Waals surface area contributed by atoms with Crippen LogP contribution in [0, 0.1) is 0 Å². The van der Waals surface area contributed by atoms with Crippen molar-refractivity contribution in [2.24, 2.45) is 0 Å². The molecule has 0 atom stereocenters. The average Bonchev–Trinajstić information content (AvgIpc) is 2.91. The molecule has 5 heteroatoms. The van der Waals surface area contributed by atoms with Crippen LogP contribution in [-0.2, 0) is 11.2 Å². The molecule has 0 saturated heterocycles. The van der Waals surface area contributed by atoms with Gasteiger partial charge < -0.3 is 10.2 Å². The molecule has 2 aromatic heterocycles. The van der Waals surface area contributed by atoms with Gasteiger partial charge in [-0.2, -0.15) is 0 Å². The minimum absolute atomic E-state index is 0.0526. The predicted octanol–water partition coefficient (Wildman–Crippen LogP) is 3.49. The second-order valence-electron chi connectivity index (χ2n) is 5.60. The Balaban J connectivity index is 2.13. The number of nitrogens with zero attached hydrogens (tertiary/aromatic N) is 2. The summed E-state index contributed by atoms with van der Waals surface area (Å²) >= 11 is 0.